The Bertz CT molecular complexity index is 65.5. The van der Waals surface area contributed by atoms with Gasteiger partial charge < -0.3 is 15.4 Å². The van der Waals surface area contributed by atoms with Crippen molar-refractivity contribution in [1.29, 1.82) is 0 Å². The molecule has 5 heteroatoms. The minimum Gasteiger partial charge on any atom is -1.00 e. The fourth-order valence-corrected chi connectivity index (χ4v) is 0.553. The maximum atomic E-state index is 5.08. The molecule has 0 N–H and O–H groups in total. The first-order valence-corrected chi connectivity index (χ1v) is 3.69. The molecule has 3 nitrogen and oxygen atoms in total. The van der Waals surface area contributed by atoms with E-state index in [0.29, 0.717) is 19.8 Å². The SMILES string of the molecule is CCOB(OCC)OCC.[H-].[Na+]. The monoisotopic (exact) mass is 170 g/mol. The minimum absolute atomic E-state index is 0. The van der Waals surface area contributed by atoms with Crippen LogP contribution in [-0.4, -0.2) is 27.1 Å². The largest absolute Gasteiger partial charge is 1.00 e. The predicted octanol–water partition coefficient (Wildman–Crippen LogP) is -1.80. The van der Waals surface area contributed by atoms with Crippen molar-refractivity contribution in [2.75, 3.05) is 19.8 Å². The molecule has 0 rings (SSSR count). The molecule has 0 fully saturated rings. The van der Waals surface area contributed by atoms with Gasteiger partial charge in [-0.3, -0.25) is 0 Å². The van der Waals surface area contributed by atoms with Gasteiger partial charge in [0.15, 0.2) is 0 Å². The molecule has 0 aliphatic rings. The standard InChI is InChI=1S/C6H15BO3.Na.H/c1-4-8-7(9-5-2)10-6-3;;/h4-6H2,1-3H3;;/q;+1;-1. The summed E-state index contributed by atoms with van der Waals surface area (Å²) in [5.41, 5.74) is 0. The Hall–Kier alpha value is 0.945. The quantitative estimate of drug-likeness (QED) is 0.440. The van der Waals surface area contributed by atoms with Gasteiger partial charge >= 0.3 is 36.9 Å². The summed E-state index contributed by atoms with van der Waals surface area (Å²) >= 11 is 0. The minimum atomic E-state index is -0.472. The molecule has 11 heavy (non-hydrogen) atoms. The van der Waals surface area contributed by atoms with Gasteiger partial charge in [-0.1, -0.05) is 0 Å². The summed E-state index contributed by atoms with van der Waals surface area (Å²) < 4.78 is 15.2. The van der Waals surface area contributed by atoms with Crippen LogP contribution in [0, 0.1) is 0 Å². The van der Waals surface area contributed by atoms with Crippen LogP contribution in [0.4, 0.5) is 0 Å². The van der Waals surface area contributed by atoms with E-state index in [1.165, 1.54) is 0 Å². The van der Waals surface area contributed by atoms with E-state index in [0.717, 1.165) is 0 Å². The predicted molar refractivity (Wildman–Crippen MR) is 41.7 cm³/mol. The fraction of sp³-hybridized carbons (Fsp3) is 1.00. The van der Waals surface area contributed by atoms with Crippen molar-refractivity contribution in [3.05, 3.63) is 0 Å². The fourth-order valence-electron chi connectivity index (χ4n) is 0.553. The summed E-state index contributed by atoms with van der Waals surface area (Å²) in [5.74, 6) is 0. The van der Waals surface area contributed by atoms with Gasteiger partial charge in [0.2, 0.25) is 0 Å². The Kier molecular flexibility index (Phi) is 14.4. The van der Waals surface area contributed by atoms with Crippen molar-refractivity contribution >= 4 is 7.32 Å². The molecule has 0 heterocycles. The molecule has 0 atom stereocenters. The van der Waals surface area contributed by atoms with Crippen molar-refractivity contribution in [1.82, 2.24) is 0 Å². The molecule has 0 aromatic rings. The average molecular weight is 170 g/mol. The molecule has 0 amide bonds. The molecule has 0 radical (unpaired) electrons. The zero-order valence-corrected chi connectivity index (χ0v) is 9.92. The first-order valence-electron chi connectivity index (χ1n) is 3.69. The topological polar surface area (TPSA) is 27.7 Å². The zero-order chi connectivity index (χ0) is 7.82. The van der Waals surface area contributed by atoms with E-state index in [2.05, 4.69) is 0 Å². The Labute approximate surface area is 92.7 Å². The van der Waals surface area contributed by atoms with E-state index in [1.807, 2.05) is 20.8 Å². The second kappa shape index (κ2) is 10.9. The second-order valence-corrected chi connectivity index (χ2v) is 1.65. The second-order valence-electron chi connectivity index (χ2n) is 1.65. The maximum absolute atomic E-state index is 5.08. The van der Waals surface area contributed by atoms with E-state index < -0.39 is 7.32 Å². The van der Waals surface area contributed by atoms with Gasteiger partial charge in [0.25, 0.3) is 0 Å². The molecular formula is C6H16BNaO3. The van der Waals surface area contributed by atoms with Crippen LogP contribution < -0.4 is 29.6 Å². The summed E-state index contributed by atoms with van der Waals surface area (Å²) in [6.45, 7) is 7.57. The zero-order valence-electron chi connectivity index (χ0n) is 8.92. The number of hydrogen-bond donors (Lipinski definition) is 0. The molecule has 0 spiro atoms. The van der Waals surface area contributed by atoms with Crippen LogP contribution in [-0.2, 0) is 14.0 Å². The van der Waals surface area contributed by atoms with Crippen molar-refractivity contribution in [2.24, 2.45) is 0 Å². The van der Waals surface area contributed by atoms with Crippen molar-refractivity contribution in [3.63, 3.8) is 0 Å². The average Bonchev–Trinajstić information content (AvgIpc) is 1.90. The smallest absolute Gasteiger partial charge is 1.00 e. The van der Waals surface area contributed by atoms with Gasteiger partial charge in [0, 0.05) is 19.8 Å². The van der Waals surface area contributed by atoms with Crippen LogP contribution in [0.5, 0.6) is 0 Å². The Morgan fingerprint density at radius 1 is 0.909 bits per heavy atom. The number of hydrogen-bond acceptors (Lipinski definition) is 3. The van der Waals surface area contributed by atoms with Gasteiger partial charge in [0.1, 0.15) is 0 Å². The van der Waals surface area contributed by atoms with Crippen molar-refractivity contribution < 1.29 is 44.9 Å². The molecular weight excluding hydrogens is 154 g/mol. The molecule has 0 saturated carbocycles. The van der Waals surface area contributed by atoms with Crippen LogP contribution in [0.2, 0.25) is 0 Å². The number of rotatable bonds is 6. The van der Waals surface area contributed by atoms with E-state index in [9.17, 15) is 0 Å². The van der Waals surface area contributed by atoms with Gasteiger partial charge in [-0.05, 0) is 20.8 Å². The van der Waals surface area contributed by atoms with Crippen LogP contribution in [0.25, 0.3) is 0 Å². The third-order valence-electron chi connectivity index (χ3n) is 0.908. The van der Waals surface area contributed by atoms with Crippen LogP contribution >= 0.6 is 0 Å². The van der Waals surface area contributed by atoms with E-state index in [4.69, 9.17) is 14.0 Å². The molecule has 0 unspecified atom stereocenters. The summed E-state index contributed by atoms with van der Waals surface area (Å²) in [7, 11) is -0.472. The van der Waals surface area contributed by atoms with Crippen molar-refractivity contribution in [3.8, 4) is 0 Å². The molecule has 0 aliphatic carbocycles. The normalized spacial score (nSPS) is 9.00. The molecule has 0 aromatic carbocycles. The molecule has 62 valence electrons. The summed E-state index contributed by atoms with van der Waals surface area (Å²) in [4.78, 5) is 0. The van der Waals surface area contributed by atoms with E-state index in [-0.39, 0.29) is 31.0 Å². The summed E-state index contributed by atoms with van der Waals surface area (Å²) in [6.07, 6.45) is 0. The summed E-state index contributed by atoms with van der Waals surface area (Å²) in [6, 6.07) is 0. The van der Waals surface area contributed by atoms with E-state index >= 15 is 0 Å². The Balaban J connectivity index is -0.000000405. The van der Waals surface area contributed by atoms with Crippen LogP contribution in [0.1, 0.15) is 22.2 Å². The first-order chi connectivity index (χ1) is 4.85. The molecule has 0 saturated heterocycles. The van der Waals surface area contributed by atoms with Gasteiger partial charge in [-0.2, -0.15) is 0 Å². The third-order valence-corrected chi connectivity index (χ3v) is 0.908. The molecule has 0 bridgehead atoms. The first kappa shape index (κ1) is 14.5. The van der Waals surface area contributed by atoms with Gasteiger partial charge in [0.05, 0.1) is 0 Å². The van der Waals surface area contributed by atoms with Crippen LogP contribution in [0.15, 0.2) is 0 Å². The maximum Gasteiger partial charge on any atom is 1.00 e. The Morgan fingerprint density at radius 2 is 1.18 bits per heavy atom. The Morgan fingerprint density at radius 3 is 1.36 bits per heavy atom. The van der Waals surface area contributed by atoms with Gasteiger partial charge in [-0.15, -0.1) is 0 Å². The van der Waals surface area contributed by atoms with Crippen molar-refractivity contribution in [2.45, 2.75) is 20.8 Å². The third kappa shape index (κ3) is 8.85. The molecule has 0 aromatic heterocycles. The van der Waals surface area contributed by atoms with Crippen LogP contribution in [0.3, 0.4) is 0 Å². The summed E-state index contributed by atoms with van der Waals surface area (Å²) in [5, 5.41) is 0. The molecule has 0 aliphatic heterocycles. The van der Waals surface area contributed by atoms with Gasteiger partial charge in [-0.25, -0.2) is 0 Å². The van der Waals surface area contributed by atoms with E-state index in [1.54, 1.807) is 0 Å².